The van der Waals surface area contributed by atoms with E-state index in [0.29, 0.717) is 16.6 Å². The van der Waals surface area contributed by atoms with Crippen LogP contribution in [0.2, 0.25) is 10.0 Å². The van der Waals surface area contributed by atoms with Gasteiger partial charge in [0.1, 0.15) is 0 Å². The molecule has 0 spiro atoms. The van der Waals surface area contributed by atoms with E-state index in [4.69, 9.17) is 23.2 Å². The van der Waals surface area contributed by atoms with Gasteiger partial charge in [-0.1, -0.05) is 41.4 Å². The third-order valence-corrected chi connectivity index (χ3v) is 3.94. The minimum absolute atomic E-state index is 0.585. The molecule has 0 aliphatic heterocycles. The Morgan fingerprint density at radius 2 is 1.67 bits per heavy atom. The molecule has 0 radical (unpaired) electrons. The number of H-pyrrole nitrogens is 1. The SMILES string of the molecule is Clc1cccc(Cl)c1CNc1ccc(-c2ccn[nH]2)cc1. The van der Waals surface area contributed by atoms with Crippen LogP contribution in [0.5, 0.6) is 0 Å². The molecule has 0 amide bonds. The molecule has 2 N–H and O–H groups in total. The highest BCUT2D eigenvalue weighted by atomic mass is 35.5. The molecule has 21 heavy (non-hydrogen) atoms. The molecule has 0 unspecified atom stereocenters. The summed E-state index contributed by atoms with van der Waals surface area (Å²) in [6, 6.07) is 15.5. The molecule has 0 fully saturated rings. The van der Waals surface area contributed by atoms with Gasteiger partial charge >= 0.3 is 0 Å². The van der Waals surface area contributed by atoms with Gasteiger partial charge in [0.25, 0.3) is 0 Å². The van der Waals surface area contributed by atoms with Gasteiger partial charge in [0.05, 0.1) is 5.69 Å². The number of anilines is 1. The van der Waals surface area contributed by atoms with Gasteiger partial charge in [-0.3, -0.25) is 5.10 Å². The Hall–Kier alpha value is -1.97. The standard InChI is InChI=1S/C16H13Cl2N3/c17-14-2-1-3-15(18)13(14)10-19-12-6-4-11(5-7-12)16-8-9-20-21-16/h1-9,19H,10H2,(H,20,21). The van der Waals surface area contributed by atoms with E-state index in [0.717, 1.165) is 22.5 Å². The maximum Gasteiger partial charge on any atom is 0.0650 e. The summed E-state index contributed by atoms with van der Waals surface area (Å²) in [5, 5.41) is 11.5. The highest BCUT2D eigenvalue weighted by molar-refractivity contribution is 6.36. The van der Waals surface area contributed by atoms with Gasteiger partial charge in [-0.25, -0.2) is 0 Å². The minimum Gasteiger partial charge on any atom is -0.381 e. The smallest absolute Gasteiger partial charge is 0.0650 e. The van der Waals surface area contributed by atoms with Crippen molar-refractivity contribution in [1.82, 2.24) is 10.2 Å². The maximum atomic E-state index is 6.15. The van der Waals surface area contributed by atoms with Gasteiger partial charge < -0.3 is 5.32 Å². The van der Waals surface area contributed by atoms with E-state index < -0.39 is 0 Å². The van der Waals surface area contributed by atoms with Crippen LogP contribution in [0.3, 0.4) is 0 Å². The van der Waals surface area contributed by atoms with Crippen LogP contribution in [0.15, 0.2) is 54.7 Å². The molecular weight excluding hydrogens is 305 g/mol. The number of hydrogen-bond acceptors (Lipinski definition) is 2. The van der Waals surface area contributed by atoms with E-state index in [-0.39, 0.29) is 0 Å². The van der Waals surface area contributed by atoms with Crippen molar-refractivity contribution < 1.29 is 0 Å². The molecule has 0 atom stereocenters. The monoisotopic (exact) mass is 317 g/mol. The number of rotatable bonds is 4. The van der Waals surface area contributed by atoms with Gasteiger partial charge in [0, 0.05) is 34.0 Å². The summed E-state index contributed by atoms with van der Waals surface area (Å²) in [7, 11) is 0. The van der Waals surface area contributed by atoms with Crippen LogP contribution in [0, 0.1) is 0 Å². The lowest BCUT2D eigenvalue weighted by Gasteiger charge is -2.10. The van der Waals surface area contributed by atoms with Crippen LogP contribution in [0.25, 0.3) is 11.3 Å². The first-order valence-electron chi connectivity index (χ1n) is 6.50. The van der Waals surface area contributed by atoms with Crippen molar-refractivity contribution in [2.45, 2.75) is 6.54 Å². The number of nitrogens with zero attached hydrogens (tertiary/aromatic N) is 1. The first-order valence-corrected chi connectivity index (χ1v) is 7.26. The highest BCUT2D eigenvalue weighted by Gasteiger charge is 2.05. The number of nitrogens with one attached hydrogen (secondary N) is 2. The van der Waals surface area contributed by atoms with Crippen LogP contribution in [0.4, 0.5) is 5.69 Å². The van der Waals surface area contributed by atoms with Gasteiger partial charge in [0.15, 0.2) is 0 Å². The second-order valence-electron chi connectivity index (χ2n) is 4.60. The lowest BCUT2D eigenvalue weighted by molar-refractivity contribution is 1.09. The molecule has 3 rings (SSSR count). The first-order chi connectivity index (χ1) is 10.2. The van der Waals surface area contributed by atoms with Crippen LogP contribution in [-0.4, -0.2) is 10.2 Å². The molecule has 1 aromatic heterocycles. The molecule has 0 saturated heterocycles. The van der Waals surface area contributed by atoms with Crippen molar-refractivity contribution in [2.75, 3.05) is 5.32 Å². The van der Waals surface area contributed by atoms with Crippen LogP contribution < -0.4 is 5.32 Å². The van der Waals surface area contributed by atoms with Gasteiger partial charge in [-0.05, 0) is 35.9 Å². The van der Waals surface area contributed by atoms with Gasteiger partial charge in [-0.15, -0.1) is 0 Å². The Labute approximate surface area is 132 Å². The third-order valence-electron chi connectivity index (χ3n) is 3.23. The largest absolute Gasteiger partial charge is 0.381 e. The molecular formula is C16H13Cl2N3. The molecule has 0 aliphatic carbocycles. The van der Waals surface area contributed by atoms with Gasteiger partial charge in [0.2, 0.25) is 0 Å². The number of hydrogen-bond donors (Lipinski definition) is 2. The van der Waals surface area contributed by atoms with Crippen molar-refractivity contribution in [2.24, 2.45) is 0 Å². The molecule has 0 aliphatic rings. The van der Waals surface area contributed by atoms with Crippen molar-refractivity contribution in [3.05, 3.63) is 70.3 Å². The van der Waals surface area contributed by atoms with Crippen molar-refractivity contribution in [3.63, 3.8) is 0 Å². The fourth-order valence-corrected chi connectivity index (χ4v) is 2.61. The minimum atomic E-state index is 0.585. The molecule has 2 aromatic carbocycles. The zero-order valence-electron chi connectivity index (χ0n) is 11.1. The molecule has 0 bridgehead atoms. The predicted molar refractivity (Wildman–Crippen MR) is 87.8 cm³/mol. The van der Waals surface area contributed by atoms with E-state index in [1.54, 1.807) is 6.20 Å². The Bertz CT molecular complexity index is 702. The van der Waals surface area contributed by atoms with E-state index in [1.165, 1.54) is 0 Å². The Morgan fingerprint density at radius 1 is 0.952 bits per heavy atom. The van der Waals surface area contributed by atoms with Gasteiger partial charge in [-0.2, -0.15) is 5.10 Å². The number of halogens is 2. The molecule has 1 heterocycles. The van der Waals surface area contributed by atoms with E-state index in [9.17, 15) is 0 Å². The second kappa shape index (κ2) is 6.20. The van der Waals surface area contributed by atoms with Crippen molar-refractivity contribution >= 4 is 28.9 Å². The maximum absolute atomic E-state index is 6.15. The molecule has 3 nitrogen and oxygen atoms in total. The summed E-state index contributed by atoms with van der Waals surface area (Å²) in [6.45, 7) is 0.585. The molecule has 0 saturated carbocycles. The van der Waals surface area contributed by atoms with Crippen molar-refractivity contribution in [1.29, 1.82) is 0 Å². The zero-order valence-corrected chi connectivity index (χ0v) is 12.6. The Morgan fingerprint density at radius 3 is 2.29 bits per heavy atom. The first kappa shape index (κ1) is 14.0. The molecule has 106 valence electrons. The highest BCUT2D eigenvalue weighted by Crippen LogP contribution is 2.25. The summed E-state index contributed by atoms with van der Waals surface area (Å²) in [5.74, 6) is 0. The zero-order chi connectivity index (χ0) is 14.7. The lowest BCUT2D eigenvalue weighted by Crippen LogP contribution is -2.00. The fraction of sp³-hybridized carbons (Fsp3) is 0.0625. The number of aromatic amines is 1. The summed E-state index contributed by atoms with van der Waals surface area (Å²) in [5.41, 5.74) is 4.00. The normalized spacial score (nSPS) is 10.6. The lowest BCUT2D eigenvalue weighted by atomic mass is 10.1. The summed E-state index contributed by atoms with van der Waals surface area (Å²) < 4.78 is 0. The fourth-order valence-electron chi connectivity index (χ4n) is 2.08. The number of aromatic nitrogens is 2. The van der Waals surface area contributed by atoms with E-state index >= 15 is 0 Å². The molecule has 5 heteroatoms. The summed E-state index contributed by atoms with van der Waals surface area (Å²) in [6.07, 6.45) is 1.74. The molecule has 3 aromatic rings. The quantitative estimate of drug-likeness (QED) is 0.711. The topological polar surface area (TPSA) is 40.7 Å². The van der Waals surface area contributed by atoms with E-state index in [1.807, 2.05) is 48.5 Å². The van der Waals surface area contributed by atoms with E-state index in [2.05, 4.69) is 15.5 Å². The number of benzene rings is 2. The summed E-state index contributed by atoms with van der Waals surface area (Å²) in [4.78, 5) is 0. The average molecular weight is 318 g/mol. The Balaban J connectivity index is 1.71. The second-order valence-corrected chi connectivity index (χ2v) is 5.42. The van der Waals surface area contributed by atoms with Crippen molar-refractivity contribution in [3.8, 4) is 11.3 Å². The van der Waals surface area contributed by atoms with Crippen LogP contribution in [-0.2, 0) is 6.54 Å². The third kappa shape index (κ3) is 3.20. The van der Waals surface area contributed by atoms with Crippen LogP contribution in [0.1, 0.15) is 5.56 Å². The predicted octanol–water partition coefficient (Wildman–Crippen LogP) is 5.00. The summed E-state index contributed by atoms with van der Waals surface area (Å²) >= 11 is 12.3. The Kier molecular flexibility index (Phi) is 4.13. The van der Waals surface area contributed by atoms with Crippen LogP contribution >= 0.6 is 23.2 Å². The average Bonchev–Trinajstić information content (AvgIpc) is 3.02.